The molecule has 90 valence electrons. The number of hydrogen-bond donors (Lipinski definition) is 1. The van der Waals surface area contributed by atoms with Crippen LogP contribution in [0, 0.1) is 11.3 Å². The van der Waals surface area contributed by atoms with Gasteiger partial charge in [0.15, 0.2) is 5.60 Å². The first kappa shape index (κ1) is 12.8. The van der Waals surface area contributed by atoms with E-state index in [4.69, 9.17) is 11.0 Å². The normalized spacial score (nSPS) is 30.6. The molecule has 0 aromatic rings. The highest BCUT2D eigenvalue weighted by Gasteiger charge is 2.48. The summed E-state index contributed by atoms with van der Waals surface area (Å²) in [5.41, 5.74) is 3.83. The summed E-state index contributed by atoms with van der Waals surface area (Å²) in [5.74, 6) is -2.33. The second-order valence-electron chi connectivity index (χ2n) is 3.85. The lowest BCUT2D eigenvalue weighted by atomic mass is 9.83. The van der Waals surface area contributed by atoms with Gasteiger partial charge in [0, 0.05) is 18.9 Å². The summed E-state index contributed by atoms with van der Waals surface area (Å²) in [6, 6.07) is 1.22. The Balaban J connectivity index is 2.75. The lowest BCUT2D eigenvalue weighted by Gasteiger charge is -2.33. The van der Waals surface area contributed by atoms with Crippen molar-refractivity contribution in [3.63, 3.8) is 0 Å². The molecule has 0 bridgehead atoms. The molecule has 16 heavy (non-hydrogen) atoms. The van der Waals surface area contributed by atoms with Crippen molar-refractivity contribution < 1.29 is 22.7 Å². The van der Waals surface area contributed by atoms with Gasteiger partial charge < -0.3 is 10.5 Å². The Kier molecular flexibility index (Phi) is 3.43. The molecule has 0 aliphatic heterocycles. The Morgan fingerprint density at radius 2 is 2.19 bits per heavy atom. The van der Waals surface area contributed by atoms with E-state index < -0.39 is 23.8 Å². The summed E-state index contributed by atoms with van der Waals surface area (Å²) >= 11 is 0. The Hall–Kier alpha value is -1.29. The van der Waals surface area contributed by atoms with Crippen molar-refractivity contribution in [2.45, 2.75) is 43.5 Å². The molecule has 0 heterocycles. The molecule has 2 unspecified atom stereocenters. The first-order valence-corrected chi connectivity index (χ1v) is 4.76. The van der Waals surface area contributed by atoms with Crippen molar-refractivity contribution in [1.29, 1.82) is 5.26 Å². The number of ether oxygens (including phenoxy) is 1. The Morgan fingerprint density at radius 1 is 1.56 bits per heavy atom. The lowest BCUT2D eigenvalue weighted by Crippen LogP contribution is -2.45. The van der Waals surface area contributed by atoms with Crippen molar-refractivity contribution in [1.82, 2.24) is 0 Å². The Morgan fingerprint density at radius 3 is 2.62 bits per heavy atom. The lowest BCUT2D eigenvalue weighted by molar-refractivity contribution is -0.211. The van der Waals surface area contributed by atoms with Crippen LogP contribution in [0.3, 0.4) is 0 Å². The van der Waals surface area contributed by atoms with E-state index in [1.54, 1.807) is 6.07 Å². The van der Waals surface area contributed by atoms with Gasteiger partial charge in [-0.25, -0.2) is 4.79 Å². The van der Waals surface area contributed by atoms with Gasteiger partial charge in [0.1, 0.15) is 6.07 Å². The number of hydrogen-bond acceptors (Lipinski definition) is 4. The van der Waals surface area contributed by atoms with Crippen molar-refractivity contribution in [2.75, 3.05) is 0 Å². The zero-order chi connectivity index (χ0) is 12.4. The minimum absolute atomic E-state index is 0.0503. The predicted octanol–water partition coefficient (Wildman–Crippen LogP) is 1.26. The summed E-state index contributed by atoms with van der Waals surface area (Å²) in [7, 11) is 0. The summed E-state index contributed by atoms with van der Waals surface area (Å²) in [6.45, 7) is 0. The first-order chi connectivity index (χ1) is 7.29. The molecule has 2 atom stereocenters. The van der Waals surface area contributed by atoms with E-state index in [-0.39, 0.29) is 12.8 Å². The molecule has 0 aromatic carbocycles. The van der Waals surface area contributed by atoms with E-state index in [0.29, 0.717) is 12.8 Å². The maximum atomic E-state index is 12.0. The number of nitrogens with two attached hydrogens (primary N) is 1. The largest absolute Gasteiger partial charge is 0.490 e. The first-order valence-electron chi connectivity index (χ1n) is 4.76. The number of nitriles is 1. The summed E-state index contributed by atoms with van der Waals surface area (Å²) in [5, 5.41) is 8.82. The van der Waals surface area contributed by atoms with Gasteiger partial charge in [0.2, 0.25) is 0 Å². The van der Waals surface area contributed by atoms with Crippen molar-refractivity contribution in [3.8, 4) is 6.07 Å². The molecule has 1 fully saturated rings. The van der Waals surface area contributed by atoms with Gasteiger partial charge in [-0.05, 0) is 12.8 Å². The fourth-order valence-electron chi connectivity index (χ4n) is 1.73. The highest BCUT2D eigenvalue weighted by atomic mass is 19.4. The average Bonchev–Trinajstić information content (AvgIpc) is 2.16. The third kappa shape index (κ3) is 2.85. The fraction of sp³-hybridized carbons (Fsp3) is 0.778. The molecule has 0 amide bonds. The number of halogens is 3. The monoisotopic (exact) mass is 236 g/mol. The minimum atomic E-state index is -5.08. The molecule has 1 rings (SSSR count). The minimum Gasteiger partial charge on any atom is -0.437 e. The van der Waals surface area contributed by atoms with Gasteiger partial charge in [0.25, 0.3) is 0 Å². The van der Waals surface area contributed by atoms with Gasteiger partial charge in [-0.2, -0.15) is 18.4 Å². The van der Waals surface area contributed by atoms with Crippen LogP contribution in [0.2, 0.25) is 0 Å². The summed E-state index contributed by atoms with van der Waals surface area (Å²) < 4.78 is 40.2. The van der Waals surface area contributed by atoms with Crippen molar-refractivity contribution in [2.24, 2.45) is 5.73 Å². The molecule has 0 aromatic heterocycles. The van der Waals surface area contributed by atoms with E-state index in [0.717, 1.165) is 0 Å². The number of alkyl halides is 3. The smallest absolute Gasteiger partial charge is 0.437 e. The number of esters is 1. The van der Waals surface area contributed by atoms with Gasteiger partial charge >= 0.3 is 12.1 Å². The summed E-state index contributed by atoms with van der Waals surface area (Å²) in [6.07, 6.45) is -3.94. The predicted molar refractivity (Wildman–Crippen MR) is 46.9 cm³/mol. The van der Waals surface area contributed by atoms with E-state index in [9.17, 15) is 18.0 Å². The van der Waals surface area contributed by atoms with Crippen molar-refractivity contribution >= 4 is 5.97 Å². The molecular weight excluding hydrogens is 225 g/mol. The van der Waals surface area contributed by atoms with Crippen LogP contribution in [0.4, 0.5) is 13.2 Å². The number of nitrogens with zero attached hydrogens (tertiary/aromatic N) is 1. The van der Waals surface area contributed by atoms with Gasteiger partial charge in [0.05, 0.1) is 0 Å². The highest BCUT2D eigenvalue weighted by molar-refractivity contribution is 5.76. The van der Waals surface area contributed by atoms with E-state index in [2.05, 4.69) is 4.74 Å². The topological polar surface area (TPSA) is 76.1 Å². The second kappa shape index (κ2) is 4.29. The average molecular weight is 236 g/mol. The quantitative estimate of drug-likeness (QED) is 0.695. The number of carbonyl (C=O) groups excluding carboxylic acids is 1. The molecule has 1 aliphatic carbocycles. The maximum Gasteiger partial charge on any atom is 0.490 e. The molecule has 7 heteroatoms. The second-order valence-corrected chi connectivity index (χ2v) is 3.85. The zero-order valence-electron chi connectivity index (χ0n) is 8.38. The van der Waals surface area contributed by atoms with Crippen LogP contribution >= 0.6 is 0 Å². The van der Waals surface area contributed by atoms with Crippen LogP contribution in [0.1, 0.15) is 25.7 Å². The SMILES string of the molecule is N#CC1(OC(=O)C(F)(F)F)CCCC(N)C1. The molecule has 1 saturated carbocycles. The van der Waals surface area contributed by atoms with Crippen LogP contribution in [0.25, 0.3) is 0 Å². The fourth-order valence-corrected chi connectivity index (χ4v) is 1.73. The van der Waals surface area contributed by atoms with Gasteiger partial charge in [-0.1, -0.05) is 0 Å². The van der Waals surface area contributed by atoms with Crippen molar-refractivity contribution in [3.05, 3.63) is 0 Å². The molecule has 1 aliphatic rings. The van der Waals surface area contributed by atoms with Crippen LogP contribution in [-0.2, 0) is 9.53 Å². The molecule has 4 nitrogen and oxygen atoms in total. The third-order valence-electron chi connectivity index (χ3n) is 2.47. The van der Waals surface area contributed by atoms with Crippen LogP contribution in [-0.4, -0.2) is 23.8 Å². The maximum absolute atomic E-state index is 12.0. The van der Waals surface area contributed by atoms with E-state index >= 15 is 0 Å². The van der Waals surface area contributed by atoms with Crippen LogP contribution in [0.5, 0.6) is 0 Å². The molecular formula is C9H11F3N2O2. The van der Waals surface area contributed by atoms with E-state index in [1.807, 2.05) is 0 Å². The van der Waals surface area contributed by atoms with Crippen LogP contribution < -0.4 is 5.73 Å². The van der Waals surface area contributed by atoms with Gasteiger partial charge in [-0.15, -0.1) is 0 Å². The highest BCUT2D eigenvalue weighted by Crippen LogP contribution is 2.32. The van der Waals surface area contributed by atoms with E-state index in [1.165, 1.54) is 0 Å². The molecule has 0 radical (unpaired) electrons. The Bertz CT molecular complexity index is 324. The van der Waals surface area contributed by atoms with Gasteiger partial charge in [-0.3, -0.25) is 0 Å². The summed E-state index contributed by atoms with van der Waals surface area (Å²) in [4.78, 5) is 10.7. The molecule has 0 saturated heterocycles. The third-order valence-corrected chi connectivity index (χ3v) is 2.47. The number of carbonyl (C=O) groups is 1. The molecule has 2 N–H and O–H groups in total. The standard InChI is InChI=1S/C9H11F3N2O2/c10-9(11,12)7(15)16-8(5-13)3-1-2-6(14)4-8/h6H,1-4,14H2. The number of rotatable bonds is 1. The molecule has 0 spiro atoms. The zero-order valence-corrected chi connectivity index (χ0v) is 8.38. The Labute approximate surface area is 90.2 Å². The van der Waals surface area contributed by atoms with Crippen LogP contribution in [0.15, 0.2) is 0 Å².